The molecule has 0 saturated carbocycles. The summed E-state index contributed by atoms with van der Waals surface area (Å²) >= 11 is 2.63. The number of nitrogens with one attached hydrogen (secondary N) is 1. The fourth-order valence-electron chi connectivity index (χ4n) is 3.43. The molecule has 2 heterocycles. The lowest BCUT2D eigenvalue weighted by atomic mass is 9.89. The van der Waals surface area contributed by atoms with E-state index in [1.54, 1.807) is 0 Å². The number of carbonyl (C=O) groups excluding carboxylic acids is 1. The van der Waals surface area contributed by atoms with Crippen molar-refractivity contribution < 1.29 is 4.79 Å². The maximum atomic E-state index is 12.6. The van der Waals surface area contributed by atoms with E-state index in [0.29, 0.717) is 16.5 Å². The molecule has 1 amide bonds. The summed E-state index contributed by atoms with van der Waals surface area (Å²) in [6.45, 7) is 2.16. The zero-order valence-corrected chi connectivity index (χ0v) is 15.9. The minimum absolute atomic E-state index is 0.0489. The van der Waals surface area contributed by atoms with Crippen molar-refractivity contribution in [2.75, 3.05) is 5.32 Å². The zero-order chi connectivity index (χ0) is 18.3. The van der Waals surface area contributed by atoms with Gasteiger partial charge in [-0.3, -0.25) is 14.2 Å². The van der Waals surface area contributed by atoms with Gasteiger partial charge in [-0.2, -0.15) is 5.26 Å². The van der Waals surface area contributed by atoms with Crippen LogP contribution in [-0.4, -0.2) is 10.5 Å². The van der Waals surface area contributed by atoms with Gasteiger partial charge in [0.15, 0.2) is 0 Å². The normalized spacial score (nSPS) is 16.2. The quantitative estimate of drug-likeness (QED) is 0.748. The van der Waals surface area contributed by atoms with Crippen LogP contribution in [0.3, 0.4) is 0 Å². The van der Waals surface area contributed by atoms with Crippen LogP contribution in [0.1, 0.15) is 29.3 Å². The van der Waals surface area contributed by atoms with Crippen molar-refractivity contribution in [1.29, 1.82) is 5.26 Å². The Kier molecular flexibility index (Phi) is 4.39. The molecule has 1 aliphatic rings. The average Bonchev–Trinajstić information content (AvgIpc) is 3.11. The predicted molar refractivity (Wildman–Crippen MR) is 105 cm³/mol. The highest BCUT2D eigenvalue weighted by Crippen LogP contribution is 2.39. The van der Waals surface area contributed by atoms with Gasteiger partial charge in [-0.1, -0.05) is 30.4 Å². The van der Waals surface area contributed by atoms with Crippen LogP contribution in [0.2, 0.25) is 0 Å². The molecule has 0 bridgehead atoms. The molecular formula is C19H17N3O2S2. The fraction of sp³-hybridized carbons (Fsp3) is 0.316. The zero-order valence-electron chi connectivity index (χ0n) is 14.2. The van der Waals surface area contributed by atoms with Gasteiger partial charge in [0.1, 0.15) is 17.6 Å². The minimum atomic E-state index is -0.279. The first kappa shape index (κ1) is 17.0. The van der Waals surface area contributed by atoms with Crippen LogP contribution in [0, 0.1) is 17.2 Å². The number of carbonyl (C=O) groups is 1. The lowest BCUT2D eigenvalue weighted by Crippen LogP contribution is -2.24. The van der Waals surface area contributed by atoms with Crippen molar-refractivity contribution in [2.45, 2.75) is 32.7 Å². The average molecular weight is 383 g/mol. The van der Waals surface area contributed by atoms with Crippen LogP contribution in [0.5, 0.6) is 0 Å². The Morgan fingerprint density at radius 1 is 1.38 bits per heavy atom. The topological polar surface area (TPSA) is 74.9 Å². The number of amides is 1. The molecule has 0 spiro atoms. The van der Waals surface area contributed by atoms with E-state index in [1.165, 1.54) is 20.8 Å². The highest BCUT2D eigenvalue weighted by atomic mass is 32.1. The second-order valence-corrected chi connectivity index (χ2v) is 8.74. The smallest absolute Gasteiger partial charge is 0.308 e. The summed E-state index contributed by atoms with van der Waals surface area (Å²) in [4.78, 5) is 25.8. The molecule has 0 fully saturated rings. The van der Waals surface area contributed by atoms with Gasteiger partial charge >= 0.3 is 4.87 Å². The molecule has 0 radical (unpaired) electrons. The molecule has 0 saturated heterocycles. The molecule has 3 aromatic rings. The second kappa shape index (κ2) is 6.71. The van der Waals surface area contributed by atoms with E-state index in [0.717, 1.165) is 46.4 Å². The summed E-state index contributed by atoms with van der Waals surface area (Å²) in [5.74, 6) is 0.325. The lowest BCUT2D eigenvalue weighted by Gasteiger charge is -2.17. The van der Waals surface area contributed by atoms with Crippen LogP contribution in [0.15, 0.2) is 29.1 Å². The number of rotatable bonds is 3. The first-order valence-corrected chi connectivity index (χ1v) is 10.1. The summed E-state index contributed by atoms with van der Waals surface area (Å²) in [5.41, 5.74) is 2.44. The van der Waals surface area contributed by atoms with Crippen molar-refractivity contribution in [3.63, 3.8) is 0 Å². The van der Waals surface area contributed by atoms with Gasteiger partial charge in [-0.25, -0.2) is 0 Å². The number of hydrogen-bond donors (Lipinski definition) is 1. The molecule has 7 heteroatoms. The van der Waals surface area contributed by atoms with Crippen LogP contribution in [-0.2, 0) is 24.2 Å². The molecule has 1 N–H and O–H groups in total. The van der Waals surface area contributed by atoms with Gasteiger partial charge in [-0.05, 0) is 42.9 Å². The highest BCUT2D eigenvalue weighted by Gasteiger charge is 2.24. The van der Waals surface area contributed by atoms with Gasteiger partial charge in [-0.15, -0.1) is 11.3 Å². The number of aromatic nitrogens is 1. The number of thiophene rings is 1. The monoisotopic (exact) mass is 383 g/mol. The molecule has 26 heavy (non-hydrogen) atoms. The largest absolute Gasteiger partial charge is 0.315 e. The van der Waals surface area contributed by atoms with Gasteiger partial charge in [0.2, 0.25) is 5.91 Å². The van der Waals surface area contributed by atoms with E-state index >= 15 is 0 Å². The fourth-order valence-corrected chi connectivity index (χ4v) is 5.70. The van der Waals surface area contributed by atoms with E-state index < -0.39 is 0 Å². The number of nitriles is 1. The Bertz CT molecular complexity index is 1100. The molecule has 1 aliphatic carbocycles. The molecule has 1 unspecified atom stereocenters. The highest BCUT2D eigenvalue weighted by molar-refractivity contribution is 7.17. The molecule has 0 aliphatic heterocycles. The van der Waals surface area contributed by atoms with E-state index in [9.17, 15) is 14.9 Å². The standard InChI is InChI=1S/C19H17N3O2S2/c1-11-6-7-12-13(9-20)18(25-16(12)8-11)21-17(23)10-22-14-4-2-3-5-15(14)26-19(22)24/h2-5,11H,6-8,10H2,1H3,(H,21,23). The third-order valence-corrected chi connectivity index (χ3v) is 6.88. The van der Waals surface area contributed by atoms with Gasteiger partial charge < -0.3 is 5.32 Å². The van der Waals surface area contributed by atoms with Crippen molar-refractivity contribution in [2.24, 2.45) is 5.92 Å². The Hall–Kier alpha value is -2.43. The SMILES string of the molecule is CC1CCc2c(sc(NC(=O)Cn3c(=O)sc4ccccc43)c2C#N)C1. The Balaban J connectivity index is 1.60. The molecule has 1 aromatic carbocycles. The van der Waals surface area contributed by atoms with Crippen LogP contribution < -0.4 is 10.2 Å². The molecule has 132 valence electrons. The molecule has 4 rings (SSSR count). The number of thiazole rings is 1. The summed E-state index contributed by atoms with van der Waals surface area (Å²) in [6, 6.07) is 9.69. The molecule has 5 nitrogen and oxygen atoms in total. The van der Waals surface area contributed by atoms with Gasteiger partial charge in [0.25, 0.3) is 0 Å². The Morgan fingerprint density at radius 2 is 2.19 bits per heavy atom. The molecular weight excluding hydrogens is 366 g/mol. The lowest BCUT2D eigenvalue weighted by molar-refractivity contribution is -0.116. The summed E-state index contributed by atoms with van der Waals surface area (Å²) in [7, 11) is 0. The first-order valence-electron chi connectivity index (χ1n) is 8.49. The molecule has 1 atom stereocenters. The number of benzene rings is 1. The maximum absolute atomic E-state index is 12.6. The minimum Gasteiger partial charge on any atom is -0.315 e. The summed E-state index contributed by atoms with van der Waals surface area (Å²) < 4.78 is 2.35. The van der Waals surface area contributed by atoms with Crippen molar-refractivity contribution in [3.05, 3.63) is 49.9 Å². The molecule has 2 aromatic heterocycles. The second-order valence-electron chi connectivity index (χ2n) is 6.64. The summed E-state index contributed by atoms with van der Waals surface area (Å²) in [6.07, 6.45) is 2.92. The number of hydrogen-bond acceptors (Lipinski definition) is 5. The first-order chi connectivity index (χ1) is 12.6. The van der Waals surface area contributed by atoms with Crippen LogP contribution >= 0.6 is 22.7 Å². The van der Waals surface area contributed by atoms with Gasteiger partial charge in [0.05, 0.1) is 15.8 Å². The Morgan fingerprint density at radius 3 is 3.00 bits per heavy atom. The van der Waals surface area contributed by atoms with E-state index in [2.05, 4.69) is 18.3 Å². The van der Waals surface area contributed by atoms with E-state index in [1.807, 2.05) is 24.3 Å². The third kappa shape index (κ3) is 2.96. The Labute approximate surface area is 158 Å². The van der Waals surface area contributed by atoms with Crippen LogP contribution in [0.25, 0.3) is 10.2 Å². The summed E-state index contributed by atoms with van der Waals surface area (Å²) in [5, 5.41) is 13.0. The van der Waals surface area contributed by atoms with Crippen molar-refractivity contribution in [3.8, 4) is 6.07 Å². The maximum Gasteiger partial charge on any atom is 0.308 e. The van der Waals surface area contributed by atoms with Crippen molar-refractivity contribution >= 4 is 43.8 Å². The van der Waals surface area contributed by atoms with E-state index in [4.69, 9.17) is 0 Å². The van der Waals surface area contributed by atoms with E-state index in [-0.39, 0.29) is 17.3 Å². The number of nitrogens with zero attached hydrogens (tertiary/aromatic N) is 2. The van der Waals surface area contributed by atoms with Crippen LogP contribution in [0.4, 0.5) is 5.00 Å². The van der Waals surface area contributed by atoms with Crippen molar-refractivity contribution in [1.82, 2.24) is 4.57 Å². The predicted octanol–water partition coefficient (Wildman–Crippen LogP) is 3.76. The number of anilines is 1. The number of fused-ring (bicyclic) bond motifs is 2. The number of para-hydroxylation sites is 1. The van der Waals surface area contributed by atoms with Gasteiger partial charge in [0, 0.05) is 4.88 Å². The third-order valence-electron chi connectivity index (χ3n) is 4.75.